The van der Waals surface area contributed by atoms with Crippen LogP contribution in [0, 0.1) is 0 Å². The van der Waals surface area contributed by atoms with E-state index in [0.717, 1.165) is 25.9 Å². The average Bonchev–Trinajstić information content (AvgIpc) is 2.81. The highest BCUT2D eigenvalue weighted by Crippen LogP contribution is 2.11. The number of ether oxygens (including phenoxy) is 1. The third-order valence-electron chi connectivity index (χ3n) is 3.59. The van der Waals surface area contributed by atoms with E-state index in [4.69, 9.17) is 4.74 Å². The zero-order valence-corrected chi connectivity index (χ0v) is 11.3. The van der Waals surface area contributed by atoms with Gasteiger partial charge in [-0.05, 0) is 25.0 Å². The lowest BCUT2D eigenvalue weighted by atomic mass is 10.2. The summed E-state index contributed by atoms with van der Waals surface area (Å²) in [6.07, 6.45) is 4.62. The van der Waals surface area contributed by atoms with E-state index in [1.165, 1.54) is 5.69 Å². The van der Waals surface area contributed by atoms with Gasteiger partial charge < -0.3 is 14.2 Å². The minimum atomic E-state index is 0.220. The summed E-state index contributed by atoms with van der Waals surface area (Å²) in [7, 11) is 2.02. The van der Waals surface area contributed by atoms with Gasteiger partial charge in [-0.3, -0.25) is 4.79 Å². The molecule has 0 saturated carbocycles. The van der Waals surface area contributed by atoms with Gasteiger partial charge in [0.05, 0.1) is 12.7 Å². The van der Waals surface area contributed by atoms with Gasteiger partial charge in [-0.15, -0.1) is 0 Å². The maximum Gasteiger partial charge on any atom is 0.223 e. The molecule has 4 heteroatoms. The van der Waals surface area contributed by atoms with Crippen LogP contribution in [-0.2, 0) is 23.0 Å². The molecule has 2 heterocycles. The number of nitrogens with zero attached hydrogens (tertiary/aromatic N) is 2. The number of rotatable bonds is 4. The highest BCUT2D eigenvalue weighted by Gasteiger charge is 2.22. The summed E-state index contributed by atoms with van der Waals surface area (Å²) in [5.74, 6) is 0.248. The Balaban J connectivity index is 1.82. The maximum atomic E-state index is 12.1. The van der Waals surface area contributed by atoms with Gasteiger partial charge in [0.25, 0.3) is 0 Å². The Morgan fingerprint density at radius 2 is 2.39 bits per heavy atom. The molecular formula is C14H22N2O2. The molecular weight excluding hydrogens is 228 g/mol. The summed E-state index contributed by atoms with van der Waals surface area (Å²) in [4.78, 5) is 14.1. The molecule has 1 fully saturated rings. The monoisotopic (exact) mass is 250 g/mol. The van der Waals surface area contributed by atoms with Crippen molar-refractivity contribution in [2.45, 2.75) is 32.3 Å². The van der Waals surface area contributed by atoms with Gasteiger partial charge in [0.2, 0.25) is 5.91 Å². The highest BCUT2D eigenvalue weighted by molar-refractivity contribution is 5.76. The Bertz CT molecular complexity index is 400. The lowest BCUT2D eigenvalue weighted by molar-refractivity contribution is -0.138. The molecule has 0 aromatic carbocycles. The van der Waals surface area contributed by atoms with Crippen LogP contribution < -0.4 is 0 Å². The van der Waals surface area contributed by atoms with Gasteiger partial charge in [-0.2, -0.15) is 0 Å². The minimum absolute atomic E-state index is 0.220. The molecule has 0 N–H and O–H groups in total. The van der Waals surface area contributed by atoms with Crippen LogP contribution in [0.4, 0.5) is 0 Å². The van der Waals surface area contributed by atoms with Gasteiger partial charge in [0.1, 0.15) is 0 Å². The van der Waals surface area contributed by atoms with Crippen molar-refractivity contribution in [1.29, 1.82) is 0 Å². The Hall–Kier alpha value is -1.29. The van der Waals surface area contributed by atoms with E-state index in [1.54, 1.807) is 0 Å². The Morgan fingerprint density at radius 3 is 3.06 bits per heavy atom. The van der Waals surface area contributed by atoms with Crippen molar-refractivity contribution in [3.63, 3.8) is 0 Å². The van der Waals surface area contributed by atoms with Crippen molar-refractivity contribution in [3.8, 4) is 0 Å². The molecule has 1 atom stereocenters. The molecule has 2 rings (SSSR count). The first-order chi connectivity index (χ1) is 8.70. The van der Waals surface area contributed by atoms with Crippen LogP contribution in [0.2, 0.25) is 0 Å². The van der Waals surface area contributed by atoms with Crippen LogP contribution in [0.25, 0.3) is 0 Å². The van der Waals surface area contributed by atoms with Crippen LogP contribution in [0.3, 0.4) is 0 Å². The van der Waals surface area contributed by atoms with E-state index in [0.29, 0.717) is 13.0 Å². The SMILES string of the molecule is CCC1CN(C(=O)CCc2cccn2C)CCO1. The van der Waals surface area contributed by atoms with E-state index < -0.39 is 0 Å². The summed E-state index contributed by atoms with van der Waals surface area (Å²) < 4.78 is 7.65. The summed E-state index contributed by atoms with van der Waals surface area (Å²) >= 11 is 0. The molecule has 1 aliphatic rings. The van der Waals surface area contributed by atoms with Crippen molar-refractivity contribution in [3.05, 3.63) is 24.0 Å². The molecule has 1 aliphatic heterocycles. The predicted molar refractivity (Wildman–Crippen MR) is 70.3 cm³/mol. The van der Waals surface area contributed by atoms with Gasteiger partial charge >= 0.3 is 0 Å². The van der Waals surface area contributed by atoms with Crippen LogP contribution in [0.15, 0.2) is 18.3 Å². The van der Waals surface area contributed by atoms with Crippen molar-refractivity contribution >= 4 is 5.91 Å². The fourth-order valence-electron chi connectivity index (χ4n) is 2.34. The first kappa shape index (κ1) is 13.1. The summed E-state index contributed by atoms with van der Waals surface area (Å²) in [6.45, 7) is 4.27. The molecule has 4 nitrogen and oxygen atoms in total. The van der Waals surface area contributed by atoms with Crippen molar-refractivity contribution < 1.29 is 9.53 Å². The molecule has 0 bridgehead atoms. The molecule has 0 aliphatic carbocycles. The van der Waals surface area contributed by atoms with Crippen molar-refractivity contribution in [2.24, 2.45) is 7.05 Å². The number of aryl methyl sites for hydroxylation is 2. The predicted octanol–water partition coefficient (Wildman–Crippen LogP) is 1.60. The van der Waals surface area contributed by atoms with Crippen molar-refractivity contribution in [2.75, 3.05) is 19.7 Å². The number of morpholine rings is 1. The zero-order valence-electron chi connectivity index (χ0n) is 11.3. The molecule has 18 heavy (non-hydrogen) atoms. The quantitative estimate of drug-likeness (QED) is 0.813. The summed E-state index contributed by atoms with van der Waals surface area (Å²) in [6, 6.07) is 4.09. The van der Waals surface area contributed by atoms with Crippen LogP contribution in [-0.4, -0.2) is 41.2 Å². The first-order valence-electron chi connectivity index (χ1n) is 6.70. The molecule has 1 amide bonds. The number of hydrogen-bond acceptors (Lipinski definition) is 2. The van der Waals surface area contributed by atoms with Gasteiger partial charge in [0, 0.05) is 38.4 Å². The number of hydrogen-bond donors (Lipinski definition) is 0. The molecule has 100 valence electrons. The molecule has 1 unspecified atom stereocenters. The highest BCUT2D eigenvalue weighted by atomic mass is 16.5. The fourth-order valence-corrected chi connectivity index (χ4v) is 2.34. The van der Waals surface area contributed by atoms with Gasteiger partial charge in [0.15, 0.2) is 0 Å². The summed E-state index contributed by atoms with van der Waals surface area (Å²) in [5, 5.41) is 0. The Kier molecular flexibility index (Phi) is 4.42. The largest absolute Gasteiger partial charge is 0.375 e. The van der Waals surface area contributed by atoms with Gasteiger partial charge in [-0.1, -0.05) is 6.92 Å². The Morgan fingerprint density at radius 1 is 1.56 bits per heavy atom. The lowest BCUT2D eigenvalue weighted by Gasteiger charge is -2.32. The lowest BCUT2D eigenvalue weighted by Crippen LogP contribution is -2.45. The van der Waals surface area contributed by atoms with E-state index in [2.05, 4.69) is 17.6 Å². The zero-order chi connectivity index (χ0) is 13.0. The van der Waals surface area contributed by atoms with Crippen LogP contribution in [0.5, 0.6) is 0 Å². The standard InChI is InChI=1S/C14H22N2O2/c1-3-13-11-16(9-10-18-13)14(17)7-6-12-5-4-8-15(12)2/h4-5,8,13H,3,6-7,9-11H2,1-2H3. The molecule has 1 aromatic rings. The minimum Gasteiger partial charge on any atom is -0.375 e. The first-order valence-corrected chi connectivity index (χ1v) is 6.70. The van der Waals surface area contributed by atoms with Crippen LogP contribution in [0.1, 0.15) is 25.5 Å². The van der Waals surface area contributed by atoms with E-state index in [-0.39, 0.29) is 12.0 Å². The topological polar surface area (TPSA) is 34.5 Å². The third-order valence-corrected chi connectivity index (χ3v) is 3.59. The Labute approximate surface area is 109 Å². The van der Waals surface area contributed by atoms with Crippen molar-refractivity contribution in [1.82, 2.24) is 9.47 Å². The molecule has 1 aromatic heterocycles. The number of amides is 1. The number of carbonyl (C=O) groups excluding carboxylic acids is 1. The van der Waals surface area contributed by atoms with Crippen LogP contribution >= 0.6 is 0 Å². The van der Waals surface area contributed by atoms with E-state index in [1.807, 2.05) is 24.2 Å². The molecule has 1 saturated heterocycles. The van der Waals surface area contributed by atoms with Gasteiger partial charge in [-0.25, -0.2) is 0 Å². The second-order valence-corrected chi connectivity index (χ2v) is 4.85. The fraction of sp³-hybridized carbons (Fsp3) is 0.643. The molecule has 0 spiro atoms. The second-order valence-electron chi connectivity index (χ2n) is 4.85. The normalized spacial score (nSPS) is 20.1. The second kappa shape index (κ2) is 6.05. The van der Waals surface area contributed by atoms with E-state index in [9.17, 15) is 4.79 Å². The maximum absolute atomic E-state index is 12.1. The number of carbonyl (C=O) groups is 1. The summed E-state index contributed by atoms with van der Waals surface area (Å²) in [5.41, 5.74) is 1.21. The smallest absolute Gasteiger partial charge is 0.223 e. The molecule has 0 radical (unpaired) electrons. The average molecular weight is 250 g/mol. The third kappa shape index (κ3) is 3.13. The number of aromatic nitrogens is 1. The van der Waals surface area contributed by atoms with E-state index >= 15 is 0 Å².